The highest BCUT2D eigenvalue weighted by atomic mass is 16.5. The van der Waals surface area contributed by atoms with E-state index in [0.29, 0.717) is 24.6 Å². The summed E-state index contributed by atoms with van der Waals surface area (Å²) in [6.45, 7) is 4.12. The lowest BCUT2D eigenvalue weighted by molar-refractivity contribution is 0.0670. The van der Waals surface area contributed by atoms with Crippen LogP contribution in [0.25, 0.3) is 0 Å². The minimum absolute atomic E-state index is 0.0637. The van der Waals surface area contributed by atoms with Gasteiger partial charge in [0.1, 0.15) is 6.10 Å². The van der Waals surface area contributed by atoms with Crippen molar-refractivity contribution in [2.45, 2.75) is 44.6 Å². The van der Waals surface area contributed by atoms with Crippen LogP contribution in [0.4, 0.5) is 0 Å². The normalized spacial score (nSPS) is 24.5. The van der Waals surface area contributed by atoms with E-state index in [1.807, 2.05) is 11.8 Å². The first-order valence-corrected chi connectivity index (χ1v) is 8.58. The zero-order valence-electron chi connectivity index (χ0n) is 13.8. The van der Waals surface area contributed by atoms with Crippen LogP contribution in [0.1, 0.15) is 65.3 Å². The van der Waals surface area contributed by atoms with Crippen LogP contribution in [-0.4, -0.2) is 45.7 Å². The standard InChI is InChI=1S/C17H22N4O3/c1-11-8-13(20-19-11)12-4-2-6-21(9-12)17(22)15-16(24-10-18-15)14-5-3-7-23-14/h8,10,12,14H,2-7,9H2,1H3,(H,19,20)/t12-,14-/m0/s1. The van der Waals surface area contributed by atoms with Gasteiger partial charge in [0.05, 0.1) is 5.69 Å². The molecule has 2 aromatic heterocycles. The molecule has 7 heteroatoms. The number of likely N-dealkylation sites (tertiary alicyclic amines) is 1. The Balaban J connectivity index is 1.51. The molecule has 0 bridgehead atoms. The Morgan fingerprint density at radius 3 is 3.04 bits per heavy atom. The van der Waals surface area contributed by atoms with Crippen molar-refractivity contribution in [3.63, 3.8) is 0 Å². The number of amides is 1. The number of aromatic amines is 1. The Bertz CT molecular complexity index is 717. The molecule has 2 fully saturated rings. The third kappa shape index (κ3) is 2.84. The predicted molar refractivity (Wildman–Crippen MR) is 85.6 cm³/mol. The number of hydrogen-bond donors (Lipinski definition) is 1. The number of hydrogen-bond acceptors (Lipinski definition) is 5. The summed E-state index contributed by atoms with van der Waals surface area (Å²) in [5.74, 6) is 0.784. The third-order valence-electron chi connectivity index (χ3n) is 4.87. The van der Waals surface area contributed by atoms with Crippen molar-refractivity contribution in [2.75, 3.05) is 19.7 Å². The van der Waals surface area contributed by atoms with E-state index < -0.39 is 0 Å². The third-order valence-corrected chi connectivity index (χ3v) is 4.87. The first kappa shape index (κ1) is 15.4. The van der Waals surface area contributed by atoms with Crippen LogP contribution in [0, 0.1) is 6.92 Å². The summed E-state index contributed by atoms with van der Waals surface area (Å²) in [7, 11) is 0. The summed E-state index contributed by atoms with van der Waals surface area (Å²) < 4.78 is 11.1. The monoisotopic (exact) mass is 330 g/mol. The summed E-state index contributed by atoms with van der Waals surface area (Å²) >= 11 is 0. The summed E-state index contributed by atoms with van der Waals surface area (Å²) in [4.78, 5) is 19.0. The van der Waals surface area contributed by atoms with Crippen molar-refractivity contribution < 1.29 is 13.9 Å². The molecule has 0 unspecified atom stereocenters. The molecule has 128 valence electrons. The Labute approximate surface area is 140 Å². The number of carbonyl (C=O) groups is 1. The Morgan fingerprint density at radius 2 is 2.29 bits per heavy atom. The average molecular weight is 330 g/mol. The van der Waals surface area contributed by atoms with Gasteiger partial charge in [-0.05, 0) is 38.7 Å². The van der Waals surface area contributed by atoms with E-state index in [-0.39, 0.29) is 17.9 Å². The van der Waals surface area contributed by atoms with Crippen LogP contribution in [-0.2, 0) is 4.74 Å². The smallest absolute Gasteiger partial charge is 0.276 e. The number of nitrogens with zero attached hydrogens (tertiary/aromatic N) is 3. The first-order valence-electron chi connectivity index (χ1n) is 8.58. The largest absolute Gasteiger partial charge is 0.445 e. The van der Waals surface area contributed by atoms with E-state index in [1.54, 1.807) is 0 Å². The Kier molecular flexibility index (Phi) is 4.10. The molecule has 0 aliphatic carbocycles. The summed E-state index contributed by atoms with van der Waals surface area (Å²) in [6, 6.07) is 2.06. The lowest BCUT2D eigenvalue weighted by atomic mass is 9.94. The minimum Gasteiger partial charge on any atom is -0.445 e. The van der Waals surface area contributed by atoms with Gasteiger partial charge in [-0.15, -0.1) is 0 Å². The number of piperidine rings is 1. The van der Waals surface area contributed by atoms with Gasteiger partial charge in [0, 0.05) is 31.3 Å². The number of rotatable bonds is 3. The molecule has 24 heavy (non-hydrogen) atoms. The predicted octanol–water partition coefficient (Wildman–Crippen LogP) is 2.58. The van der Waals surface area contributed by atoms with Crippen LogP contribution in [0.2, 0.25) is 0 Å². The minimum atomic E-state index is -0.138. The van der Waals surface area contributed by atoms with Crippen molar-refractivity contribution in [1.82, 2.24) is 20.1 Å². The molecule has 7 nitrogen and oxygen atoms in total. The van der Waals surface area contributed by atoms with Crippen molar-refractivity contribution in [1.29, 1.82) is 0 Å². The molecule has 2 aliphatic rings. The highest BCUT2D eigenvalue weighted by Crippen LogP contribution is 2.32. The van der Waals surface area contributed by atoms with Gasteiger partial charge in [0.2, 0.25) is 0 Å². The molecule has 1 amide bonds. The van der Waals surface area contributed by atoms with Crippen LogP contribution in [0.5, 0.6) is 0 Å². The second-order valence-corrected chi connectivity index (χ2v) is 6.63. The second-order valence-electron chi connectivity index (χ2n) is 6.63. The molecule has 1 N–H and O–H groups in total. The number of aromatic nitrogens is 3. The van der Waals surface area contributed by atoms with Gasteiger partial charge in [0.25, 0.3) is 5.91 Å². The second kappa shape index (κ2) is 6.39. The molecule has 0 aromatic carbocycles. The summed E-state index contributed by atoms with van der Waals surface area (Å²) in [5, 5.41) is 7.35. The number of aryl methyl sites for hydroxylation is 1. The molecule has 2 aromatic rings. The number of oxazole rings is 1. The van der Waals surface area contributed by atoms with E-state index in [4.69, 9.17) is 9.15 Å². The quantitative estimate of drug-likeness (QED) is 0.935. The van der Waals surface area contributed by atoms with Gasteiger partial charge in [-0.2, -0.15) is 5.10 Å². The number of nitrogens with one attached hydrogen (secondary N) is 1. The molecule has 0 radical (unpaired) electrons. The molecular formula is C17H22N4O3. The van der Waals surface area contributed by atoms with Gasteiger partial charge >= 0.3 is 0 Å². The molecule has 0 saturated carbocycles. The lowest BCUT2D eigenvalue weighted by Gasteiger charge is -2.31. The molecule has 0 spiro atoms. The molecule has 2 saturated heterocycles. The maximum atomic E-state index is 12.9. The molecule has 4 heterocycles. The molecule has 2 aliphatic heterocycles. The van der Waals surface area contributed by atoms with Crippen molar-refractivity contribution in [3.05, 3.63) is 35.3 Å². The maximum absolute atomic E-state index is 12.9. The van der Waals surface area contributed by atoms with Gasteiger partial charge in [-0.25, -0.2) is 4.98 Å². The van der Waals surface area contributed by atoms with Crippen LogP contribution >= 0.6 is 0 Å². The van der Waals surface area contributed by atoms with E-state index in [0.717, 1.165) is 43.6 Å². The zero-order chi connectivity index (χ0) is 16.5. The van der Waals surface area contributed by atoms with Crippen LogP contribution in [0.3, 0.4) is 0 Å². The first-order chi connectivity index (χ1) is 11.7. The SMILES string of the molecule is Cc1cc([C@H]2CCCN(C(=O)c3ncoc3[C@@H]3CCCO3)C2)n[nH]1. The molecule has 2 atom stereocenters. The van der Waals surface area contributed by atoms with Gasteiger partial charge in [-0.3, -0.25) is 9.89 Å². The van der Waals surface area contributed by atoms with Crippen LogP contribution in [0.15, 0.2) is 16.9 Å². The van der Waals surface area contributed by atoms with Gasteiger partial charge < -0.3 is 14.1 Å². The van der Waals surface area contributed by atoms with E-state index in [2.05, 4.69) is 21.2 Å². The van der Waals surface area contributed by atoms with Crippen molar-refractivity contribution in [2.24, 2.45) is 0 Å². The Hall–Kier alpha value is -2.15. The van der Waals surface area contributed by atoms with E-state index in [9.17, 15) is 4.79 Å². The molecular weight excluding hydrogens is 308 g/mol. The van der Waals surface area contributed by atoms with Gasteiger partial charge in [0.15, 0.2) is 17.8 Å². The van der Waals surface area contributed by atoms with Gasteiger partial charge in [-0.1, -0.05) is 0 Å². The fraction of sp³-hybridized carbons (Fsp3) is 0.588. The van der Waals surface area contributed by atoms with E-state index >= 15 is 0 Å². The molecule has 4 rings (SSSR count). The average Bonchev–Trinajstić information content (AvgIpc) is 3.34. The highest BCUT2D eigenvalue weighted by Gasteiger charge is 2.33. The van der Waals surface area contributed by atoms with Crippen molar-refractivity contribution >= 4 is 5.91 Å². The van der Waals surface area contributed by atoms with Crippen molar-refractivity contribution in [3.8, 4) is 0 Å². The fourth-order valence-electron chi connectivity index (χ4n) is 3.63. The topological polar surface area (TPSA) is 84.2 Å². The number of H-pyrrole nitrogens is 1. The lowest BCUT2D eigenvalue weighted by Crippen LogP contribution is -2.39. The van der Waals surface area contributed by atoms with E-state index in [1.165, 1.54) is 6.39 Å². The Morgan fingerprint density at radius 1 is 1.38 bits per heavy atom. The summed E-state index contributed by atoms with van der Waals surface area (Å²) in [6.07, 6.45) is 5.10. The fourth-order valence-corrected chi connectivity index (χ4v) is 3.63. The highest BCUT2D eigenvalue weighted by molar-refractivity contribution is 5.93. The zero-order valence-corrected chi connectivity index (χ0v) is 13.8. The number of carbonyl (C=O) groups excluding carboxylic acids is 1. The summed E-state index contributed by atoms with van der Waals surface area (Å²) in [5.41, 5.74) is 2.48. The number of ether oxygens (including phenoxy) is 1. The maximum Gasteiger partial charge on any atom is 0.276 e. The van der Waals surface area contributed by atoms with Crippen LogP contribution < -0.4 is 0 Å².